The molecular formula is C23H25N5O3S. The van der Waals surface area contributed by atoms with Gasteiger partial charge in [-0.3, -0.25) is 9.59 Å². The molecular weight excluding hydrogens is 426 g/mol. The minimum absolute atomic E-state index is 0.118. The molecule has 1 unspecified atom stereocenters. The molecule has 1 aromatic carbocycles. The molecule has 4 heterocycles. The van der Waals surface area contributed by atoms with Crippen LogP contribution in [0.1, 0.15) is 23.5 Å². The fourth-order valence-corrected chi connectivity index (χ4v) is 4.96. The summed E-state index contributed by atoms with van der Waals surface area (Å²) in [4.78, 5) is 35.5. The molecule has 5 rings (SSSR count). The highest BCUT2D eigenvalue weighted by molar-refractivity contribution is 7.13. The number of nitrogens with zero attached hydrogens (tertiary/aromatic N) is 5. The molecule has 166 valence electrons. The van der Waals surface area contributed by atoms with E-state index in [-0.39, 0.29) is 23.6 Å². The maximum absolute atomic E-state index is 13.4. The van der Waals surface area contributed by atoms with Gasteiger partial charge < -0.3 is 14.5 Å². The molecule has 32 heavy (non-hydrogen) atoms. The number of hydrogen-bond donors (Lipinski definition) is 0. The molecule has 0 radical (unpaired) electrons. The van der Waals surface area contributed by atoms with Crippen molar-refractivity contribution in [2.24, 2.45) is 5.92 Å². The largest absolute Gasteiger partial charge is 0.378 e. The molecule has 2 amide bonds. The van der Waals surface area contributed by atoms with Crippen LogP contribution in [0, 0.1) is 5.92 Å². The molecule has 0 spiro atoms. The number of benzene rings is 1. The first-order chi connectivity index (χ1) is 15.7. The van der Waals surface area contributed by atoms with Crippen molar-refractivity contribution in [1.82, 2.24) is 24.6 Å². The Bertz CT molecular complexity index is 1080. The molecule has 2 aliphatic heterocycles. The van der Waals surface area contributed by atoms with Crippen LogP contribution in [0.2, 0.25) is 0 Å². The summed E-state index contributed by atoms with van der Waals surface area (Å²) in [6.07, 6.45) is 1.59. The van der Waals surface area contributed by atoms with Crippen LogP contribution in [-0.4, -0.2) is 75.8 Å². The van der Waals surface area contributed by atoms with Gasteiger partial charge in [-0.2, -0.15) is 0 Å². The summed E-state index contributed by atoms with van der Waals surface area (Å²) in [6, 6.07) is 13.6. The van der Waals surface area contributed by atoms with Crippen molar-refractivity contribution in [2.75, 3.05) is 39.4 Å². The fourth-order valence-electron chi connectivity index (χ4n) is 4.26. The highest BCUT2D eigenvalue weighted by atomic mass is 32.1. The first-order valence-corrected chi connectivity index (χ1v) is 11.8. The van der Waals surface area contributed by atoms with Crippen LogP contribution in [0.4, 0.5) is 0 Å². The molecule has 0 bridgehead atoms. The SMILES string of the molecule is O=C(c1nc(-c2cccs2)n(-c2ccccc2)n1)N1CCCC(C(=O)N2CCOCC2)C1. The zero-order chi connectivity index (χ0) is 21.9. The normalized spacial score (nSPS) is 19.2. The summed E-state index contributed by atoms with van der Waals surface area (Å²) in [5.74, 6) is 0.521. The Kier molecular flexibility index (Phi) is 6.00. The summed E-state index contributed by atoms with van der Waals surface area (Å²) in [5.41, 5.74) is 0.849. The average Bonchev–Trinajstić information content (AvgIpc) is 3.54. The molecule has 8 nitrogen and oxygen atoms in total. The molecule has 3 aromatic rings. The van der Waals surface area contributed by atoms with Crippen LogP contribution in [0.3, 0.4) is 0 Å². The lowest BCUT2D eigenvalue weighted by atomic mass is 9.96. The highest BCUT2D eigenvalue weighted by Crippen LogP contribution is 2.27. The number of hydrogen-bond acceptors (Lipinski definition) is 6. The number of ether oxygens (including phenoxy) is 1. The Morgan fingerprint density at radius 2 is 1.81 bits per heavy atom. The number of carbonyl (C=O) groups is 2. The molecule has 0 N–H and O–H groups in total. The molecule has 9 heteroatoms. The van der Waals surface area contributed by atoms with Gasteiger partial charge in [-0.1, -0.05) is 24.3 Å². The molecule has 0 aliphatic carbocycles. The topological polar surface area (TPSA) is 80.6 Å². The van der Waals surface area contributed by atoms with Gasteiger partial charge in [0.25, 0.3) is 5.91 Å². The van der Waals surface area contributed by atoms with Gasteiger partial charge in [-0.05, 0) is 36.4 Å². The number of aromatic nitrogens is 3. The van der Waals surface area contributed by atoms with Gasteiger partial charge in [0, 0.05) is 26.2 Å². The molecule has 0 saturated carbocycles. The Labute approximate surface area is 190 Å². The second-order valence-electron chi connectivity index (χ2n) is 8.01. The monoisotopic (exact) mass is 451 g/mol. The van der Waals surface area contributed by atoms with E-state index in [0.29, 0.717) is 45.2 Å². The van der Waals surface area contributed by atoms with Gasteiger partial charge >= 0.3 is 0 Å². The number of carbonyl (C=O) groups excluding carboxylic acids is 2. The first-order valence-electron chi connectivity index (χ1n) is 10.9. The van der Waals surface area contributed by atoms with Crippen LogP contribution < -0.4 is 0 Å². The second-order valence-corrected chi connectivity index (χ2v) is 8.96. The number of piperidine rings is 1. The zero-order valence-electron chi connectivity index (χ0n) is 17.7. The van der Waals surface area contributed by atoms with Crippen molar-refractivity contribution in [1.29, 1.82) is 0 Å². The number of thiophene rings is 1. The van der Waals surface area contributed by atoms with E-state index in [1.807, 2.05) is 52.7 Å². The van der Waals surface area contributed by atoms with Gasteiger partial charge in [0.05, 0.1) is 29.7 Å². The smallest absolute Gasteiger partial charge is 0.293 e. The van der Waals surface area contributed by atoms with Gasteiger partial charge in [0.15, 0.2) is 5.82 Å². The fraction of sp³-hybridized carbons (Fsp3) is 0.391. The standard InChI is InChI=1S/C23H25N5O3S/c29-22(26-11-13-31-14-12-26)17-6-4-10-27(16-17)23(30)20-24-21(19-9-5-15-32-19)28(25-20)18-7-2-1-3-8-18/h1-3,5,7-9,15,17H,4,6,10-14,16H2. The number of amides is 2. The van der Waals surface area contributed by atoms with Crippen LogP contribution in [0.25, 0.3) is 16.4 Å². The third kappa shape index (κ3) is 4.18. The average molecular weight is 452 g/mol. The first kappa shape index (κ1) is 20.8. The summed E-state index contributed by atoms with van der Waals surface area (Å²) in [7, 11) is 0. The van der Waals surface area contributed by atoms with Crippen LogP contribution in [0.5, 0.6) is 0 Å². The zero-order valence-corrected chi connectivity index (χ0v) is 18.5. The van der Waals surface area contributed by atoms with E-state index in [4.69, 9.17) is 4.74 Å². The van der Waals surface area contributed by atoms with Crippen molar-refractivity contribution < 1.29 is 14.3 Å². The van der Waals surface area contributed by atoms with Crippen molar-refractivity contribution >= 4 is 23.2 Å². The molecule has 2 aromatic heterocycles. The van der Waals surface area contributed by atoms with E-state index >= 15 is 0 Å². The van der Waals surface area contributed by atoms with E-state index in [0.717, 1.165) is 23.4 Å². The van der Waals surface area contributed by atoms with E-state index in [1.54, 1.807) is 20.9 Å². The molecule has 1 atom stereocenters. The van der Waals surface area contributed by atoms with Crippen LogP contribution in [-0.2, 0) is 9.53 Å². The van der Waals surface area contributed by atoms with Crippen molar-refractivity contribution in [3.05, 3.63) is 53.7 Å². The van der Waals surface area contributed by atoms with E-state index < -0.39 is 0 Å². The van der Waals surface area contributed by atoms with Crippen molar-refractivity contribution in [2.45, 2.75) is 12.8 Å². The lowest BCUT2D eigenvalue weighted by Gasteiger charge is -2.35. The Balaban J connectivity index is 1.38. The minimum Gasteiger partial charge on any atom is -0.378 e. The molecule has 2 aliphatic rings. The Morgan fingerprint density at radius 3 is 2.56 bits per heavy atom. The predicted octanol–water partition coefficient (Wildman–Crippen LogP) is 2.71. The summed E-state index contributed by atoms with van der Waals surface area (Å²) >= 11 is 1.56. The second kappa shape index (κ2) is 9.22. The Morgan fingerprint density at radius 1 is 1.00 bits per heavy atom. The van der Waals surface area contributed by atoms with Crippen molar-refractivity contribution in [3.8, 4) is 16.4 Å². The number of morpholine rings is 1. The van der Waals surface area contributed by atoms with Gasteiger partial charge in [-0.25, -0.2) is 9.67 Å². The highest BCUT2D eigenvalue weighted by Gasteiger charge is 2.33. The van der Waals surface area contributed by atoms with Gasteiger partial charge in [-0.15, -0.1) is 16.4 Å². The number of rotatable bonds is 4. The molecule has 2 fully saturated rings. The summed E-state index contributed by atoms with van der Waals surface area (Å²) in [6.45, 7) is 3.41. The summed E-state index contributed by atoms with van der Waals surface area (Å²) < 4.78 is 7.08. The van der Waals surface area contributed by atoms with E-state index in [1.165, 1.54) is 0 Å². The van der Waals surface area contributed by atoms with E-state index in [9.17, 15) is 9.59 Å². The molecule has 2 saturated heterocycles. The lowest BCUT2D eigenvalue weighted by molar-refractivity contribution is -0.141. The quantitative estimate of drug-likeness (QED) is 0.609. The third-order valence-electron chi connectivity index (χ3n) is 5.92. The third-order valence-corrected chi connectivity index (χ3v) is 6.79. The van der Waals surface area contributed by atoms with Crippen molar-refractivity contribution in [3.63, 3.8) is 0 Å². The number of likely N-dealkylation sites (tertiary alicyclic amines) is 1. The van der Waals surface area contributed by atoms with Gasteiger partial charge in [0.2, 0.25) is 11.7 Å². The minimum atomic E-state index is -0.225. The predicted molar refractivity (Wildman–Crippen MR) is 121 cm³/mol. The van der Waals surface area contributed by atoms with Crippen LogP contribution >= 0.6 is 11.3 Å². The maximum Gasteiger partial charge on any atom is 0.293 e. The number of para-hydroxylation sites is 1. The lowest BCUT2D eigenvalue weighted by Crippen LogP contribution is -2.49. The van der Waals surface area contributed by atoms with Gasteiger partial charge in [0.1, 0.15) is 0 Å². The van der Waals surface area contributed by atoms with E-state index in [2.05, 4.69) is 10.1 Å². The van der Waals surface area contributed by atoms with Crippen LogP contribution in [0.15, 0.2) is 47.8 Å². The Hall–Kier alpha value is -3.04. The summed E-state index contributed by atoms with van der Waals surface area (Å²) in [5, 5.41) is 6.56. The maximum atomic E-state index is 13.4.